The molecule has 2 aromatic rings. The molecule has 6 heteroatoms. The van der Waals surface area contributed by atoms with Crippen molar-refractivity contribution in [2.45, 2.75) is 33.4 Å². The first-order valence-corrected chi connectivity index (χ1v) is 6.52. The van der Waals surface area contributed by atoms with E-state index >= 15 is 0 Å². The van der Waals surface area contributed by atoms with Crippen molar-refractivity contribution in [3.05, 3.63) is 45.1 Å². The molecule has 0 aliphatic rings. The van der Waals surface area contributed by atoms with Crippen LogP contribution < -0.4 is 5.56 Å². The predicted molar refractivity (Wildman–Crippen MR) is 72.6 cm³/mol. The van der Waals surface area contributed by atoms with Crippen LogP contribution in [0.4, 0.5) is 0 Å². The van der Waals surface area contributed by atoms with E-state index < -0.39 is 0 Å². The third kappa shape index (κ3) is 2.38. The molecule has 0 spiro atoms. The molecule has 0 atom stereocenters. The van der Waals surface area contributed by atoms with Gasteiger partial charge < -0.3 is 4.57 Å². The molecule has 0 amide bonds. The fourth-order valence-corrected chi connectivity index (χ4v) is 2.13. The standard InChI is InChI=1S/C12H15BrN4O/c1-8(2)17-7-14-4-10(17)6-16-9(3)15-5-11(13)12(16)18/h4-5,7-8H,6H2,1-3H3. The van der Waals surface area contributed by atoms with Gasteiger partial charge in [0.15, 0.2) is 0 Å². The van der Waals surface area contributed by atoms with E-state index in [4.69, 9.17) is 0 Å². The van der Waals surface area contributed by atoms with Gasteiger partial charge in [-0.15, -0.1) is 0 Å². The number of imidazole rings is 1. The molecule has 0 bridgehead atoms. The average Bonchev–Trinajstić information content (AvgIpc) is 2.78. The molecule has 0 aromatic carbocycles. The Kier molecular flexibility index (Phi) is 3.65. The van der Waals surface area contributed by atoms with Crippen molar-refractivity contribution < 1.29 is 0 Å². The summed E-state index contributed by atoms with van der Waals surface area (Å²) in [7, 11) is 0. The second kappa shape index (κ2) is 5.06. The van der Waals surface area contributed by atoms with Crippen molar-refractivity contribution in [3.8, 4) is 0 Å². The molecule has 0 saturated carbocycles. The van der Waals surface area contributed by atoms with Crippen molar-refractivity contribution in [2.75, 3.05) is 0 Å². The zero-order valence-electron chi connectivity index (χ0n) is 10.6. The van der Waals surface area contributed by atoms with Crippen LogP contribution in [0.25, 0.3) is 0 Å². The highest BCUT2D eigenvalue weighted by atomic mass is 79.9. The first-order chi connectivity index (χ1) is 8.50. The first kappa shape index (κ1) is 13.0. The minimum Gasteiger partial charge on any atom is -0.330 e. The van der Waals surface area contributed by atoms with Gasteiger partial charge in [0.25, 0.3) is 5.56 Å². The zero-order chi connectivity index (χ0) is 13.3. The highest BCUT2D eigenvalue weighted by Gasteiger charge is 2.10. The maximum Gasteiger partial charge on any atom is 0.268 e. The van der Waals surface area contributed by atoms with Crippen LogP contribution in [0, 0.1) is 6.92 Å². The fraction of sp³-hybridized carbons (Fsp3) is 0.417. The molecule has 96 valence electrons. The van der Waals surface area contributed by atoms with Crippen LogP contribution in [0.5, 0.6) is 0 Å². The highest BCUT2D eigenvalue weighted by molar-refractivity contribution is 9.10. The summed E-state index contributed by atoms with van der Waals surface area (Å²) in [4.78, 5) is 20.4. The van der Waals surface area contributed by atoms with Gasteiger partial charge in [-0.1, -0.05) is 0 Å². The third-order valence-electron chi connectivity index (χ3n) is 2.83. The van der Waals surface area contributed by atoms with Crippen LogP contribution in [-0.4, -0.2) is 19.1 Å². The van der Waals surface area contributed by atoms with Crippen LogP contribution in [0.15, 0.2) is 28.0 Å². The summed E-state index contributed by atoms with van der Waals surface area (Å²) in [6, 6.07) is 0.318. The van der Waals surface area contributed by atoms with Crippen LogP contribution in [-0.2, 0) is 6.54 Å². The minimum absolute atomic E-state index is 0.0704. The molecule has 0 N–H and O–H groups in total. The molecule has 0 saturated heterocycles. The van der Waals surface area contributed by atoms with Gasteiger partial charge in [-0.3, -0.25) is 9.36 Å². The predicted octanol–water partition coefficient (Wildman–Crippen LogP) is 2.14. The van der Waals surface area contributed by atoms with E-state index in [9.17, 15) is 4.79 Å². The van der Waals surface area contributed by atoms with Crippen LogP contribution >= 0.6 is 15.9 Å². The number of rotatable bonds is 3. The van der Waals surface area contributed by atoms with E-state index in [1.54, 1.807) is 17.1 Å². The Morgan fingerprint density at radius 3 is 2.78 bits per heavy atom. The lowest BCUT2D eigenvalue weighted by molar-refractivity contribution is 0.551. The first-order valence-electron chi connectivity index (χ1n) is 5.73. The van der Waals surface area contributed by atoms with Crippen LogP contribution in [0.3, 0.4) is 0 Å². The van der Waals surface area contributed by atoms with Gasteiger partial charge in [0.05, 0.1) is 18.6 Å². The molecule has 5 nitrogen and oxygen atoms in total. The lowest BCUT2D eigenvalue weighted by atomic mass is 10.3. The van der Waals surface area contributed by atoms with E-state index in [-0.39, 0.29) is 5.56 Å². The number of nitrogens with zero attached hydrogens (tertiary/aromatic N) is 4. The molecular formula is C12H15BrN4O. The van der Waals surface area contributed by atoms with Gasteiger partial charge in [-0.2, -0.15) is 0 Å². The van der Waals surface area contributed by atoms with Gasteiger partial charge in [-0.05, 0) is 36.7 Å². The topological polar surface area (TPSA) is 52.7 Å². The largest absolute Gasteiger partial charge is 0.330 e. The Labute approximate surface area is 114 Å². The van der Waals surface area contributed by atoms with E-state index in [0.29, 0.717) is 22.9 Å². The maximum absolute atomic E-state index is 12.0. The Morgan fingerprint density at radius 2 is 2.11 bits per heavy atom. The highest BCUT2D eigenvalue weighted by Crippen LogP contribution is 2.11. The fourth-order valence-electron chi connectivity index (χ4n) is 1.82. The molecule has 0 aliphatic heterocycles. The molecule has 0 aliphatic carbocycles. The maximum atomic E-state index is 12.0. The van der Waals surface area contributed by atoms with Crippen molar-refractivity contribution in [1.82, 2.24) is 19.1 Å². The summed E-state index contributed by atoms with van der Waals surface area (Å²) in [6.07, 6.45) is 5.10. The van der Waals surface area contributed by atoms with E-state index in [2.05, 4.69) is 39.7 Å². The molecule has 0 unspecified atom stereocenters. The van der Waals surface area contributed by atoms with Gasteiger partial charge >= 0.3 is 0 Å². The van der Waals surface area contributed by atoms with Crippen molar-refractivity contribution >= 4 is 15.9 Å². The van der Waals surface area contributed by atoms with Crippen molar-refractivity contribution in [3.63, 3.8) is 0 Å². The Morgan fingerprint density at radius 1 is 1.39 bits per heavy atom. The lowest BCUT2D eigenvalue weighted by Gasteiger charge is -2.14. The number of hydrogen-bond donors (Lipinski definition) is 0. The third-order valence-corrected chi connectivity index (χ3v) is 3.37. The van der Waals surface area contributed by atoms with Gasteiger partial charge in [0, 0.05) is 18.4 Å². The summed E-state index contributed by atoms with van der Waals surface area (Å²) in [5.41, 5.74) is 0.925. The Bertz CT molecular complexity index is 615. The smallest absolute Gasteiger partial charge is 0.268 e. The van der Waals surface area contributed by atoms with E-state index in [0.717, 1.165) is 5.69 Å². The van der Waals surface area contributed by atoms with Crippen LogP contribution in [0.1, 0.15) is 31.4 Å². The SMILES string of the molecule is Cc1ncc(Br)c(=O)n1Cc1cncn1C(C)C. The Hall–Kier alpha value is -1.43. The minimum atomic E-state index is -0.0704. The van der Waals surface area contributed by atoms with Crippen molar-refractivity contribution in [1.29, 1.82) is 0 Å². The Balaban J connectivity index is 2.43. The second-order valence-corrected chi connectivity index (χ2v) is 5.28. The van der Waals surface area contributed by atoms with E-state index in [1.165, 1.54) is 6.20 Å². The second-order valence-electron chi connectivity index (χ2n) is 4.43. The monoisotopic (exact) mass is 310 g/mol. The van der Waals surface area contributed by atoms with Gasteiger partial charge in [0.2, 0.25) is 0 Å². The lowest BCUT2D eigenvalue weighted by Crippen LogP contribution is -2.25. The molecule has 18 heavy (non-hydrogen) atoms. The summed E-state index contributed by atoms with van der Waals surface area (Å²) in [6.45, 7) is 6.47. The number of aryl methyl sites for hydroxylation is 1. The van der Waals surface area contributed by atoms with Crippen molar-refractivity contribution in [2.24, 2.45) is 0 Å². The zero-order valence-corrected chi connectivity index (χ0v) is 12.2. The normalized spacial score (nSPS) is 11.2. The number of aromatic nitrogens is 4. The average molecular weight is 311 g/mol. The summed E-state index contributed by atoms with van der Waals surface area (Å²) >= 11 is 3.21. The van der Waals surface area contributed by atoms with Gasteiger partial charge in [-0.25, -0.2) is 9.97 Å². The number of hydrogen-bond acceptors (Lipinski definition) is 3. The molecule has 2 rings (SSSR count). The number of halogens is 1. The molecule has 0 radical (unpaired) electrons. The summed E-state index contributed by atoms with van der Waals surface area (Å²) in [5, 5.41) is 0. The van der Waals surface area contributed by atoms with Crippen LogP contribution in [0.2, 0.25) is 0 Å². The summed E-state index contributed by atoms with van der Waals surface area (Å²) in [5.74, 6) is 0.694. The quantitative estimate of drug-likeness (QED) is 0.872. The molecule has 2 heterocycles. The molecular weight excluding hydrogens is 296 g/mol. The van der Waals surface area contributed by atoms with E-state index in [1.807, 2.05) is 11.5 Å². The van der Waals surface area contributed by atoms with Gasteiger partial charge in [0.1, 0.15) is 10.3 Å². The molecule has 0 fully saturated rings. The summed E-state index contributed by atoms with van der Waals surface area (Å²) < 4.78 is 4.16. The molecule has 2 aromatic heterocycles.